The van der Waals surface area contributed by atoms with Gasteiger partial charge >= 0.3 is 108 Å². The first-order valence-corrected chi connectivity index (χ1v) is 7.03. The summed E-state index contributed by atoms with van der Waals surface area (Å²) in [6, 6.07) is 8.70. The van der Waals surface area contributed by atoms with Crippen molar-refractivity contribution < 1.29 is 4.79 Å². The van der Waals surface area contributed by atoms with E-state index in [4.69, 9.17) is 0 Å². The summed E-state index contributed by atoms with van der Waals surface area (Å²) in [5, 5.41) is 0. The zero-order chi connectivity index (χ0) is 12.5. The van der Waals surface area contributed by atoms with Gasteiger partial charge in [0.15, 0.2) is 0 Å². The number of hydrogen-bond acceptors (Lipinski definition) is 3. The second-order valence-corrected chi connectivity index (χ2v) is 5.92. The summed E-state index contributed by atoms with van der Waals surface area (Å²) in [5.41, 5.74) is 2.04. The Bertz CT molecular complexity index is 774. The molecule has 2 aromatic heterocycles. The van der Waals surface area contributed by atoms with E-state index in [0.29, 0.717) is 11.1 Å². The van der Waals surface area contributed by atoms with Crippen molar-refractivity contribution in [3.05, 3.63) is 63.1 Å². The monoisotopic (exact) mass is 304 g/mol. The number of fused-ring (bicyclic) bond motifs is 1. The van der Waals surface area contributed by atoms with Gasteiger partial charge in [-0.3, -0.25) is 0 Å². The Morgan fingerprint density at radius 1 is 1.11 bits per heavy atom. The fourth-order valence-electron chi connectivity index (χ4n) is 1.76. The second kappa shape index (κ2) is 4.37. The van der Waals surface area contributed by atoms with E-state index in [2.05, 4.69) is 9.97 Å². The molecule has 0 bridgehead atoms. The Balaban J connectivity index is 2.09. The van der Waals surface area contributed by atoms with E-state index in [-0.39, 0.29) is 24.7 Å². The van der Waals surface area contributed by atoms with Gasteiger partial charge in [0.1, 0.15) is 0 Å². The Morgan fingerprint density at radius 3 is 2.67 bits per heavy atom. The van der Waals surface area contributed by atoms with E-state index in [1.54, 1.807) is 42.7 Å². The molecule has 0 radical (unpaired) electrons. The molecule has 2 heterocycles. The minimum absolute atomic E-state index is 0.0333. The van der Waals surface area contributed by atoms with Crippen LogP contribution < -0.4 is 4.43 Å². The van der Waals surface area contributed by atoms with Crippen molar-refractivity contribution in [2.75, 3.05) is 0 Å². The van der Waals surface area contributed by atoms with E-state index in [1.165, 1.54) is 0 Å². The Labute approximate surface area is 108 Å². The van der Waals surface area contributed by atoms with Crippen LogP contribution in [0, 0.1) is 0 Å². The summed E-state index contributed by atoms with van der Waals surface area (Å²) in [7, 11) is 0. The quantitative estimate of drug-likeness (QED) is 0.572. The molecule has 0 aliphatic rings. The molecule has 3 aromatic rings. The molecular weight excluding hydrogens is 295 g/mol. The first-order valence-electron chi connectivity index (χ1n) is 5.31. The molecule has 0 saturated carbocycles. The van der Waals surface area contributed by atoms with Crippen LogP contribution >= 0.6 is 0 Å². The molecule has 0 atom stereocenters. The number of H-pyrrole nitrogens is 1. The van der Waals surface area contributed by atoms with Gasteiger partial charge in [-0.2, -0.15) is 0 Å². The molecule has 5 heteroatoms. The Kier molecular flexibility index (Phi) is 2.70. The summed E-state index contributed by atoms with van der Waals surface area (Å²) < 4.78 is 0.971. The van der Waals surface area contributed by atoms with Crippen LogP contribution in [0.25, 0.3) is 9.78 Å². The van der Waals surface area contributed by atoms with Gasteiger partial charge in [-0.15, -0.1) is 0 Å². The number of carbonyl (C=O) groups is 1. The molecule has 0 amide bonds. The van der Waals surface area contributed by atoms with Gasteiger partial charge in [0.2, 0.25) is 0 Å². The fraction of sp³-hybridized carbons (Fsp3) is 0. The third kappa shape index (κ3) is 1.94. The van der Waals surface area contributed by atoms with Crippen LogP contribution in [-0.2, 0) is 0 Å². The van der Waals surface area contributed by atoms with Crippen molar-refractivity contribution in [2.45, 2.75) is 0 Å². The number of pyridine rings is 1. The van der Waals surface area contributed by atoms with Crippen molar-refractivity contribution in [2.24, 2.45) is 0 Å². The van der Waals surface area contributed by atoms with Crippen LogP contribution in [0.4, 0.5) is 0 Å². The molecule has 1 N–H and O–H groups in total. The number of nitrogens with zero attached hydrogens (tertiary/aromatic N) is 1. The normalized spacial score (nSPS) is 10.7. The van der Waals surface area contributed by atoms with Crippen LogP contribution in [0.3, 0.4) is 0 Å². The van der Waals surface area contributed by atoms with Crippen LogP contribution in [0.5, 0.6) is 0 Å². The van der Waals surface area contributed by atoms with Gasteiger partial charge in [0, 0.05) is 0 Å². The third-order valence-electron chi connectivity index (χ3n) is 2.63. The zero-order valence-electron chi connectivity index (χ0n) is 9.21. The molecule has 0 aliphatic heterocycles. The van der Waals surface area contributed by atoms with Gasteiger partial charge in [-0.05, 0) is 0 Å². The van der Waals surface area contributed by atoms with Crippen molar-refractivity contribution in [3.63, 3.8) is 0 Å². The summed E-state index contributed by atoms with van der Waals surface area (Å²) >= 11 is -0.232. The molecule has 0 unspecified atom stereocenters. The topological polar surface area (TPSA) is 62.8 Å². The standard InChI is InChI=1S/C13H8N2O2Se/c16-12(8-3-5-14-6-4-8)9-1-2-10-11(7-9)18-13(17)15-10/h1-7H,(H,15,17). The van der Waals surface area contributed by atoms with Crippen LogP contribution in [0.15, 0.2) is 47.5 Å². The molecular formula is C13H8N2O2Se. The average Bonchev–Trinajstić information content (AvgIpc) is 2.78. The van der Waals surface area contributed by atoms with E-state index < -0.39 is 0 Å². The number of rotatable bonds is 2. The minimum atomic E-state index is -0.232. The number of aromatic nitrogens is 2. The summed E-state index contributed by atoms with van der Waals surface area (Å²) in [5.74, 6) is -0.0460. The van der Waals surface area contributed by atoms with Gasteiger partial charge in [0.05, 0.1) is 0 Å². The maximum absolute atomic E-state index is 12.2. The van der Waals surface area contributed by atoms with Crippen molar-refractivity contribution in [3.8, 4) is 0 Å². The summed E-state index contributed by atoms with van der Waals surface area (Å²) in [6.07, 6.45) is 3.19. The summed E-state index contributed by atoms with van der Waals surface area (Å²) in [6.45, 7) is 0. The number of hydrogen-bond donors (Lipinski definition) is 1. The first kappa shape index (κ1) is 11.1. The second-order valence-electron chi connectivity index (χ2n) is 3.79. The van der Waals surface area contributed by atoms with Crippen LogP contribution in [0.1, 0.15) is 15.9 Å². The van der Waals surface area contributed by atoms with Gasteiger partial charge in [-0.25, -0.2) is 0 Å². The van der Waals surface area contributed by atoms with Crippen molar-refractivity contribution >= 4 is 30.1 Å². The summed E-state index contributed by atoms with van der Waals surface area (Å²) in [4.78, 5) is 30.1. The molecule has 18 heavy (non-hydrogen) atoms. The Hall–Kier alpha value is -1.97. The maximum atomic E-state index is 12.2. The molecule has 0 spiro atoms. The predicted octanol–water partition coefficient (Wildman–Crippen LogP) is 1.21. The van der Waals surface area contributed by atoms with Gasteiger partial charge in [0.25, 0.3) is 0 Å². The van der Waals surface area contributed by atoms with E-state index in [1.807, 2.05) is 0 Å². The average molecular weight is 303 g/mol. The molecule has 88 valence electrons. The first-order chi connectivity index (χ1) is 8.74. The number of benzene rings is 1. The number of nitrogens with one attached hydrogen (secondary N) is 1. The van der Waals surface area contributed by atoms with Crippen LogP contribution in [-0.4, -0.2) is 30.3 Å². The van der Waals surface area contributed by atoms with E-state index in [0.717, 1.165) is 9.78 Å². The molecule has 0 saturated heterocycles. The SMILES string of the molecule is O=C(c1ccncc1)c1ccc2[nH]c(=O)[se]c2c1. The molecule has 1 aromatic carbocycles. The molecule has 0 fully saturated rings. The molecule has 4 nitrogen and oxygen atoms in total. The predicted molar refractivity (Wildman–Crippen MR) is 69.2 cm³/mol. The van der Waals surface area contributed by atoms with Crippen LogP contribution in [0.2, 0.25) is 0 Å². The van der Waals surface area contributed by atoms with Gasteiger partial charge in [-0.1, -0.05) is 0 Å². The van der Waals surface area contributed by atoms with Gasteiger partial charge < -0.3 is 0 Å². The zero-order valence-corrected chi connectivity index (χ0v) is 10.9. The molecule has 0 aliphatic carbocycles. The Morgan fingerprint density at radius 2 is 1.89 bits per heavy atom. The van der Waals surface area contributed by atoms with Crippen molar-refractivity contribution in [1.29, 1.82) is 0 Å². The fourth-order valence-corrected chi connectivity index (χ4v) is 3.38. The van der Waals surface area contributed by atoms with E-state index in [9.17, 15) is 9.59 Å². The third-order valence-corrected chi connectivity index (χ3v) is 4.40. The number of aromatic amines is 1. The van der Waals surface area contributed by atoms with E-state index >= 15 is 0 Å². The van der Waals surface area contributed by atoms with Crippen molar-refractivity contribution in [1.82, 2.24) is 9.97 Å². The number of ketones is 1. The molecule has 3 rings (SSSR count). The number of carbonyl (C=O) groups excluding carboxylic acids is 1.